The van der Waals surface area contributed by atoms with Gasteiger partial charge in [0.2, 0.25) is 0 Å². The molecule has 4 rings (SSSR count). The van der Waals surface area contributed by atoms with E-state index in [4.69, 9.17) is 23.2 Å². The summed E-state index contributed by atoms with van der Waals surface area (Å²) in [7, 11) is 0. The van der Waals surface area contributed by atoms with Crippen molar-refractivity contribution in [3.63, 3.8) is 0 Å². The van der Waals surface area contributed by atoms with E-state index in [-0.39, 0.29) is 0 Å². The van der Waals surface area contributed by atoms with Gasteiger partial charge < -0.3 is 10.4 Å². The highest BCUT2D eigenvalue weighted by atomic mass is 79.9. The first-order chi connectivity index (χ1) is 12.5. The molecule has 0 spiro atoms. The van der Waals surface area contributed by atoms with E-state index in [0.717, 1.165) is 51.0 Å². The maximum atomic E-state index is 11.0. The van der Waals surface area contributed by atoms with Crippen molar-refractivity contribution in [1.29, 1.82) is 0 Å². The van der Waals surface area contributed by atoms with Gasteiger partial charge in [0.1, 0.15) is 0 Å². The molecule has 1 saturated heterocycles. The van der Waals surface area contributed by atoms with Gasteiger partial charge in [-0.3, -0.25) is 0 Å². The van der Waals surface area contributed by atoms with Crippen LogP contribution in [0.5, 0.6) is 0 Å². The number of hydrogen-bond donors (Lipinski definition) is 2. The number of hydrogen-bond acceptors (Lipinski definition) is 2. The molecule has 26 heavy (non-hydrogen) atoms. The molecule has 2 unspecified atom stereocenters. The summed E-state index contributed by atoms with van der Waals surface area (Å²) < 4.78 is 0.998. The molecule has 1 aliphatic rings. The Bertz CT molecular complexity index is 969. The largest absolute Gasteiger partial charge is 0.388 e. The quantitative estimate of drug-likeness (QED) is 0.437. The van der Waals surface area contributed by atoms with E-state index in [1.807, 2.05) is 18.2 Å². The van der Waals surface area contributed by atoms with Gasteiger partial charge in [0.25, 0.3) is 0 Å². The minimum absolute atomic E-state index is 0.369. The second-order valence-electron chi connectivity index (χ2n) is 7.04. The standard InChI is InChI=1S/C21H20BrCl2NO/c22-13-4-5-15-17(9-13)16-11-20(24)19(23)8-12(16)7-18(15)21(26)10-14-3-1-2-6-25-14/h4-5,7-9,11,14,21,25-26H,1-3,6,10H2. The van der Waals surface area contributed by atoms with Crippen molar-refractivity contribution < 1.29 is 5.11 Å². The van der Waals surface area contributed by atoms with Gasteiger partial charge in [-0.25, -0.2) is 0 Å². The number of fused-ring (bicyclic) bond motifs is 3. The van der Waals surface area contributed by atoms with Crippen LogP contribution < -0.4 is 5.32 Å². The lowest BCUT2D eigenvalue weighted by atomic mass is 9.90. The zero-order valence-electron chi connectivity index (χ0n) is 14.2. The van der Waals surface area contributed by atoms with Crippen molar-refractivity contribution in [1.82, 2.24) is 5.32 Å². The van der Waals surface area contributed by atoms with Crippen LogP contribution in [0.3, 0.4) is 0 Å². The second-order valence-corrected chi connectivity index (χ2v) is 8.77. The monoisotopic (exact) mass is 451 g/mol. The molecule has 136 valence electrons. The number of aliphatic hydroxyl groups is 1. The Morgan fingerprint density at radius 1 is 1.04 bits per heavy atom. The van der Waals surface area contributed by atoms with Crippen LogP contribution >= 0.6 is 39.1 Å². The molecule has 1 aliphatic heterocycles. The summed E-state index contributed by atoms with van der Waals surface area (Å²) in [5.74, 6) is 0. The summed E-state index contributed by atoms with van der Waals surface area (Å²) in [5, 5.41) is 19.8. The van der Waals surface area contributed by atoms with Gasteiger partial charge in [0, 0.05) is 10.5 Å². The lowest BCUT2D eigenvalue weighted by molar-refractivity contribution is 0.146. The highest BCUT2D eigenvalue weighted by Crippen LogP contribution is 2.38. The first-order valence-electron chi connectivity index (χ1n) is 8.95. The molecule has 1 heterocycles. The summed E-state index contributed by atoms with van der Waals surface area (Å²) in [4.78, 5) is 0. The molecule has 3 aromatic carbocycles. The minimum Gasteiger partial charge on any atom is -0.388 e. The molecular formula is C21H20BrCl2NO. The molecule has 2 atom stereocenters. The number of piperidine rings is 1. The third-order valence-electron chi connectivity index (χ3n) is 5.27. The number of aliphatic hydroxyl groups excluding tert-OH is 1. The summed E-state index contributed by atoms with van der Waals surface area (Å²) in [6, 6.07) is 12.4. The predicted octanol–water partition coefficient (Wildman–Crippen LogP) is 6.63. The van der Waals surface area contributed by atoms with Crippen molar-refractivity contribution in [2.45, 2.75) is 37.8 Å². The first-order valence-corrected chi connectivity index (χ1v) is 10.5. The average Bonchev–Trinajstić information content (AvgIpc) is 2.63. The second kappa shape index (κ2) is 7.65. The third kappa shape index (κ3) is 3.61. The van der Waals surface area contributed by atoms with Gasteiger partial charge in [-0.05, 0) is 83.2 Å². The van der Waals surface area contributed by atoms with Gasteiger partial charge in [0.15, 0.2) is 0 Å². The lowest BCUT2D eigenvalue weighted by Gasteiger charge is -2.26. The van der Waals surface area contributed by atoms with Gasteiger partial charge in [-0.2, -0.15) is 0 Å². The molecule has 2 N–H and O–H groups in total. The molecule has 5 heteroatoms. The van der Waals surface area contributed by atoms with Crippen LogP contribution in [0.2, 0.25) is 10.0 Å². The number of nitrogens with one attached hydrogen (secondary N) is 1. The Hall–Kier alpha value is -0.840. The van der Waals surface area contributed by atoms with Crippen molar-refractivity contribution in [3.8, 4) is 0 Å². The highest BCUT2D eigenvalue weighted by molar-refractivity contribution is 9.10. The molecule has 0 aliphatic carbocycles. The minimum atomic E-state index is -0.520. The Morgan fingerprint density at radius 3 is 2.62 bits per heavy atom. The van der Waals surface area contributed by atoms with Crippen molar-refractivity contribution in [3.05, 3.63) is 56.5 Å². The van der Waals surface area contributed by atoms with Crippen molar-refractivity contribution in [2.75, 3.05) is 6.54 Å². The van der Waals surface area contributed by atoms with E-state index >= 15 is 0 Å². The first kappa shape index (κ1) is 18.5. The molecule has 0 bridgehead atoms. The average molecular weight is 453 g/mol. The molecule has 2 nitrogen and oxygen atoms in total. The molecule has 0 radical (unpaired) electrons. The van der Waals surface area contributed by atoms with Gasteiger partial charge >= 0.3 is 0 Å². The van der Waals surface area contributed by atoms with Gasteiger partial charge in [0.05, 0.1) is 16.1 Å². The number of rotatable bonds is 3. The van der Waals surface area contributed by atoms with Crippen LogP contribution in [0, 0.1) is 0 Å². The molecule has 0 saturated carbocycles. The van der Waals surface area contributed by atoms with Crippen LogP contribution in [-0.4, -0.2) is 17.7 Å². The zero-order valence-corrected chi connectivity index (χ0v) is 17.3. The predicted molar refractivity (Wildman–Crippen MR) is 114 cm³/mol. The van der Waals surface area contributed by atoms with Crippen molar-refractivity contribution in [2.24, 2.45) is 0 Å². The molecule has 3 aromatic rings. The fourth-order valence-electron chi connectivity index (χ4n) is 3.95. The molecular weight excluding hydrogens is 433 g/mol. The summed E-state index contributed by atoms with van der Waals surface area (Å²) in [6.45, 7) is 1.04. The number of halogens is 3. The van der Waals surface area contributed by atoms with E-state index in [2.05, 4.69) is 39.4 Å². The smallest absolute Gasteiger partial charge is 0.0811 e. The van der Waals surface area contributed by atoms with Crippen molar-refractivity contribution >= 4 is 60.7 Å². The van der Waals surface area contributed by atoms with Gasteiger partial charge in [-0.1, -0.05) is 51.6 Å². The maximum Gasteiger partial charge on any atom is 0.0811 e. The van der Waals surface area contributed by atoms with Crippen LogP contribution in [0.15, 0.2) is 40.9 Å². The van der Waals surface area contributed by atoms with E-state index in [0.29, 0.717) is 16.1 Å². The molecule has 0 amide bonds. The topological polar surface area (TPSA) is 32.3 Å². The van der Waals surface area contributed by atoms with Crippen LogP contribution in [0.25, 0.3) is 21.5 Å². The Kier molecular flexibility index (Phi) is 5.45. The zero-order chi connectivity index (χ0) is 18.3. The van der Waals surface area contributed by atoms with Crippen LogP contribution in [0.1, 0.15) is 37.4 Å². The van der Waals surface area contributed by atoms with E-state index < -0.39 is 6.10 Å². The molecule has 0 aromatic heterocycles. The number of benzene rings is 3. The van der Waals surface area contributed by atoms with Gasteiger partial charge in [-0.15, -0.1) is 0 Å². The van der Waals surface area contributed by atoms with Crippen LogP contribution in [0.4, 0.5) is 0 Å². The highest BCUT2D eigenvalue weighted by Gasteiger charge is 2.21. The maximum absolute atomic E-state index is 11.0. The lowest BCUT2D eigenvalue weighted by Crippen LogP contribution is -2.35. The fraction of sp³-hybridized carbons (Fsp3) is 0.333. The Labute approximate surface area is 171 Å². The Morgan fingerprint density at radius 2 is 1.85 bits per heavy atom. The summed E-state index contributed by atoms with van der Waals surface area (Å²) in [5.41, 5.74) is 0.950. The summed E-state index contributed by atoms with van der Waals surface area (Å²) >= 11 is 16.1. The fourth-order valence-corrected chi connectivity index (χ4v) is 4.65. The van der Waals surface area contributed by atoms with Crippen LogP contribution in [-0.2, 0) is 0 Å². The van der Waals surface area contributed by atoms with E-state index in [9.17, 15) is 5.11 Å². The van der Waals surface area contributed by atoms with E-state index in [1.54, 1.807) is 0 Å². The third-order valence-corrected chi connectivity index (χ3v) is 6.48. The SMILES string of the molecule is OC(CC1CCCCN1)c1cc2cc(Cl)c(Cl)cc2c2cc(Br)ccc12. The van der Waals surface area contributed by atoms with E-state index in [1.165, 1.54) is 12.8 Å². The Balaban J connectivity index is 1.85. The molecule has 1 fully saturated rings. The normalized spacial score (nSPS) is 19.2. The summed E-state index contributed by atoms with van der Waals surface area (Å²) in [6.07, 6.45) is 3.77.